The largest absolute Gasteiger partial charge is 0.478 e. The van der Waals surface area contributed by atoms with E-state index < -0.39 is 5.97 Å². The third-order valence-corrected chi connectivity index (χ3v) is 2.72. The zero-order chi connectivity index (χ0) is 13.0. The van der Waals surface area contributed by atoms with Gasteiger partial charge in [0, 0.05) is 23.0 Å². The van der Waals surface area contributed by atoms with Gasteiger partial charge in [0.1, 0.15) is 0 Å². The highest BCUT2D eigenvalue weighted by Gasteiger charge is 2.13. The molecule has 2 rings (SSSR count). The second kappa shape index (κ2) is 5.47. The first-order chi connectivity index (χ1) is 8.68. The molecular formula is C14H10ClNO2. The van der Waals surface area contributed by atoms with E-state index in [9.17, 15) is 9.90 Å². The van der Waals surface area contributed by atoms with Crippen LogP contribution in [-0.4, -0.2) is 16.1 Å². The van der Waals surface area contributed by atoms with Gasteiger partial charge in [-0.1, -0.05) is 35.9 Å². The van der Waals surface area contributed by atoms with Crippen LogP contribution >= 0.6 is 11.6 Å². The van der Waals surface area contributed by atoms with Gasteiger partial charge in [0.05, 0.1) is 5.57 Å². The van der Waals surface area contributed by atoms with Crippen molar-refractivity contribution in [3.05, 3.63) is 64.9 Å². The van der Waals surface area contributed by atoms with Crippen LogP contribution in [0.15, 0.2) is 48.8 Å². The molecule has 1 heterocycles. The molecular weight excluding hydrogens is 250 g/mol. The Morgan fingerprint density at radius 1 is 1.22 bits per heavy atom. The maximum atomic E-state index is 11.3. The monoisotopic (exact) mass is 259 g/mol. The summed E-state index contributed by atoms with van der Waals surface area (Å²) in [7, 11) is 0. The van der Waals surface area contributed by atoms with Gasteiger partial charge in [0.25, 0.3) is 0 Å². The van der Waals surface area contributed by atoms with E-state index in [-0.39, 0.29) is 5.57 Å². The van der Waals surface area contributed by atoms with Crippen molar-refractivity contribution in [3.8, 4) is 0 Å². The Kier molecular flexibility index (Phi) is 3.75. The predicted octanol–water partition coefficient (Wildman–Crippen LogP) is 3.36. The fraction of sp³-hybridized carbons (Fsp3) is 0. The number of rotatable bonds is 3. The number of carboxylic acids is 1. The van der Waals surface area contributed by atoms with Gasteiger partial charge in [-0.25, -0.2) is 4.79 Å². The summed E-state index contributed by atoms with van der Waals surface area (Å²) < 4.78 is 0. The first kappa shape index (κ1) is 12.3. The Balaban J connectivity index is 2.51. The first-order valence-electron chi connectivity index (χ1n) is 5.28. The molecule has 0 aliphatic rings. The lowest BCUT2D eigenvalue weighted by atomic mass is 10.0. The maximum Gasteiger partial charge on any atom is 0.336 e. The average molecular weight is 260 g/mol. The molecule has 0 aliphatic heterocycles. The summed E-state index contributed by atoms with van der Waals surface area (Å²) in [6.45, 7) is 0. The van der Waals surface area contributed by atoms with Gasteiger partial charge >= 0.3 is 5.97 Å². The van der Waals surface area contributed by atoms with Gasteiger partial charge in [0.15, 0.2) is 0 Å². The van der Waals surface area contributed by atoms with E-state index in [2.05, 4.69) is 4.98 Å². The van der Waals surface area contributed by atoms with E-state index in [1.807, 2.05) is 0 Å². The molecule has 0 radical (unpaired) electrons. The summed E-state index contributed by atoms with van der Waals surface area (Å²) >= 11 is 6.01. The van der Waals surface area contributed by atoms with Crippen molar-refractivity contribution in [1.82, 2.24) is 4.98 Å². The molecule has 1 aromatic heterocycles. The molecule has 1 N–H and O–H groups in total. The Labute approximate surface area is 109 Å². The number of halogens is 1. The summed E-state index contributed by atoms with van der Waals surface area (Å²) in [5, 5.41) is 9.68. The number of benzene rings is 1. The minimum Gasteiger partial charge on any atom is -0.478 e. The smallest absolute Gasteiger partial charge is 0.336 e. The van der Waals surface area contributed by atoms with E-state index in [4.69, 9.17) is 11.6 Å². The molecule has 1 aromatic carbocycles. The molecule has 0 saturated heterocycles. The number of pyridine rings is 1. The second-order valence-electron chi connectivity index (χ2n) is 3.63. The van der Waals surface area contributed by atoms with Crippen LogP contribution in [0.3, 0.4) is 0 Å². The Morgan fingerprint density at radius 3 is 2.61 bits per heavy atom. The van der Waals surface area contributed by atoms with Gasteiger partial charge < -0.3 is 5.11 Å². The molecule has 4 heteroatoms. The lowest BCUT2D eigenvalue weighted by molar-refractivity contribution is -0.130. The van der Waals surface area contributed by atoms with E-state index in [1.54, 1.807) is 54.9 Å². The minimum atomic E-state index is -1.02. The summed E-state index contributed by atoms with van der Waals surface area (Å²) in [5.41, 5.74) is 1.36. The van der Waals surface area contributed by atoms with Crippen LogP contribution in [0.2, 0.25) is 5.02 Å². The van der Waals surface area contributed by atoms with E-state index >= 15 is 0 Å². The van der Waals surface area contributed by atoms with Crippen molar-refractivity contribution < 1.29 is 9.90 Å². The van der Waals surface area contributed by atoms with E-state index in [0.717, 1.165) is 5.56 Å². The van der Waals surface area contributed by atoms with E-state index in [0.29, 0.717) is 10.6 Å². The Morgan fingerprint density at radius 2 is 2.00 bits per heavy atom. The van der Waals surface area contributed by atoms with Gasteiger partial charge in [-0.3, -0.25) is 4.98 Å². The molecule has 0 fully saturated rings. The van der Waals surface area contributed by atoms with Crippen LogP contribution in [0.5, 0.6) is 0 Å². The van der Waals surface area contributed by atoms with Gasteiger partial charge in [0.2, 0.25) is 0 Å². The highest BCUT2D eigenvalue weighted by molar-refractivity contribution is 6.35. The fourth-order valence-electron chi connectivity index (χ4n) is 1.56. The first-order valence-corrected chi connectivity index (χ1v) is 5.66. The van der Waals surface area contributed by atoms with Crippen LogP contribution in [0.4, 0.5) is 0 Å². The number of aliphatic carboxylic acids is 1. The third kappa shape index (κ3) is 2.76. The summed E-state index contributed by atoms with van der Waals surface area (Å²) in [5.74, 6) is -1.02. The zero-order valence-corrected chi connectivity index (χ0v) is 10.1. The molecule has 90 valence electrons. The maximum absolute atomic E-state index is 11.3. The number of aromatic nitrogens is 1. The van der Waals surface area contributed by atoms with Gasteiger partial charge in [-0.2, -0.15) is 0 Å². The molecule has 0 spiro atoms. The predicted molar refractivity (Wildman–Crippen MR) is 71.2 cm³/mol. The molecule has 0 unspecified atom stereocenters. The molecule has 0 amide bonds. The Hall–Kier alpha value is -2.13. The number of carbonyl (C=O) groups is 1. The molecule has 0 bridgehead atoms. The number of hydrogen-bond acceptors (Lipinski definition) is 2. The zero-order valence-electron chi connectivity index (χ0n) is 9.38. The van der Waals surface area contributed by atoms with Crippen LogP contribution in [0.25, 0.3) is 11.6 Å². The van der Waals surface area contributed by atoms with Crippen molar-refractivity contribution in [2.45, 2.75) is 0 Å². The van der Waals surface area contributed by atoms with Crippen molar-refractivity contribution in [2.75, 3.05) is 0 Å². The summed E-state index contributed by atoms with van der Waals surface area (Å²) in [4.78, 5) is 15.3. The average Bonchev–Trinajstić information content (AvgIpc) is 2.38. The molecule has 18 heavy (non-hydrogen) atoms. The fourth-order valence-corrected chi connectivity index (χ4v) is 1.80. The van der Waals surface area contributed by atoms with Crippen LogP contribution in [0.1, 0.15) is 11.1 Å². The number of carboxylic acid groups (broad SMARTS) is 1. The number of hydrogen-bond donors (Lipinski definition) is 1. The lowest BCUT2D eigenvalue weighted by Gasteiger charge is -2.05. The standard InChI is InChI=1S/C14H10ClNO2/c15-13-6-2-1-5-11(13)12(14(17)18)8-10-4-3-7-16-9-10/h1-9H,(H,17,18)/b12-8+. The highest BCUT2D eigenvalue weighted by Crippen LogP contribution is 2.25. The summed E-state index contributed by atoms with van der Waals surface area (Å²) in [6.07, 6.45) is 4.78. The highest BCUT2D eigenvalue weighted by atomic mass is 35.5. The van der Waals surface area contributed by atoms with Crippen LogP contribution in [0, 0.1) is 0 Å². The SMILES string of the molecule is O=C(O)/C(=C/c1cccnc1)c1ccccc1Cl. The lowest BCUT2D eigenvalue weighted by Crippen LogP contribution is -2.00. The molecule has 3 nitrogen and oxygen atoms in total. The number of nitrogens with zero attached hydrogens (tertiary/aromatic N) is 1. The van der Waals surface area contributed by atoms with E-state index in [1.165, 1.54) is 0 Å². The minimum absolute atomic E-state index is 0.147. The van der Waals surface area contributed by atoms with Crippen molar-refractivity contribution >= 4 is 29.2 Å². The Bertz CT molecular complexity index is 594. The molecule has 0 aliphatic carbocycles. The van der Waals surface area contributed by atoms with Crippen molar-refractivity contribution in [2.24, 2.45) is 0 Å². The summed E-state index contributed by atoms with van der Waals surface area (Å²) in [6, 6.07) is 10.4. The van der Waals surface area contributed by atoms with Crippen LogP contribution < -0.4 is 0 Å². The van der Waals surface area contributed by atoms with Gasteiger partial charge in [-0.05, 0) is 23.8 Å². The molecule has 2 aromatic rings. The quantitative estimate of drug-likeness (QED) is 0.860. The van der Waals surface area contributed by atoms with Gasteiger partial charge in [-0.15, -0.1) is 0 Å². The molecule has 0 saturated carbocycles. The normalized spacial score (nSPS) is 11.3. The van der Waals surface area contributed by atoms with Crippen molar-refractivity contribution in [3.63, 3.8) is 0 Å². The molecule has 0 atom stereocenters. The van der Waals surface area contributed by atoms with Crippen molar-refractivity contribution in [1.29, 1.82) is 0 Å². The topological polar surface area (TPSA) is 50.2 Å². The second-order valence-corrected chi connectivity index (χ2v) is 4.04. The van der Waals surface area contributed by atoms with Crippen LogP contribution in [-0.2, 0) is 4.79 Å². The third-order valence-electron chi connectivity index (χ3n) is 2.39.